The lowest BCUT2D eigenvalue weighted by Gasteiger charge is -2.37. The molecule has 4 rings (SSSR count). The molecule has 1 saturated heterocycles. The van der Waals surface area contributed by atoms with E-state index in [1.807, 2.05) is 19.9 Å². The van der Waals surface area contributed by atoms with Crippen LogP contribution in [0.3, 0.4) is 0 Å². The van der Waals surface area contributed by atoms with E-state index in [-0.39, 0.29) is 29.7 Å². The maximum Gasteiger partial charge on any atom is 0.155 e. The normalized spacial score (nSPS) is 29.1. The fourth-order valence-electron chi connectivity index (χ4n) is 5.53. The Morgan fingerprint density at radius 1 is 1.06 bits per heavy atom. The van der Waals surface area contributed by atoms with Crippen molar-refractivity contribution in [2.45, 2.75) is 83.7 Å². The van der Waals surface area contributed by atoms with Crippen LogP contribution in [0.4, 0.5) is 10.1 Å². The summed E-state index contributed by atoms with van der Waals surface area (Å²) in [5, 5.41) is 0. The summed E-state index contributed by atoms with van der Waals surface area (Å²) in [4.78, 5) is 2.11. The lowest BCUT2D eigenvalue weighted by Crippen LogP contribution is -2.45. The van der Waals surface area contributed by atoms with Gasteiger partial charge in [0.2, 0.25) is 0 Å². The van der Waals surface area contributed by atoms with Crippen molar-refractivity contribution in [1.82, 2.24) is 0 Å². The molecule has 1 heterocycles. The van der Waals surface area contributed by atoms with Crippen LogP contribution in [0.15, 0.2) is 17.7 Å². The van der Waals surface area contributed by atoms with Crippen LogP contribution in [0.5, 0.6) is 0 Å². The Labute approximate surface area is 193 Å². The number of fused-ring (bicyclic) bond motifs is 1. The summed E-state index contributed by atoms with van der Waals surface area (Å²) in [7, 11) is -3.08. The third-order valence-corrected chi connectivity index (χ3v) is 10.3. The molecule has 2 aliphatic carbocycles. The van der Waals surface area contributed by atoms with Gasteiger partial charge < -0.3 is 9.64 Å². The molecular formula is C26H38FNO3S. The molecule has 0 unspecified atom stereocenters. The third-order valence-electron chi connectivity index (χ3n) is 7.49. The Morgan fingerprint density at radius 3 is 2.28 bits per heavy atom. The molecule has 178 valence electrons. The number of ether oxygens (including phenoxy) is 1. The Hall–Kier alpha value is -1.40. The first-order valence-corrected chi connectivity index (χ1v) is 13.7. The van der Waals surface area contributed by atoms with Crippen molar-refractivity contribution in [2.75, 3.05) is 23.7 Å². The van der Waals surface area contributed by atoms with Gasteiger partial charge >= 0.3 is 0 Å². The van der Waals surface area contributed by atoms with E-state index in [1.165, 1.54) is 5.57 Å². The van der Waals surface area contributed by atoms with Gasteiger partial charge in [-0.2, -0.15) is 0 Å². The quantitative estimate of drug-likeness (QED) is 0.600. The van der Waals surface area contributed by atoms with Gasteiger partial charge in [0.05, 0.1) is 28.4 Å². The minimum atomic E-state index is -3.08. The predicted molar refractivity (Wildman–Crippen MR) is 129 cm³/mol. The SMILES string of the molecule is C[C@@H]1CN(c2ccc3c(c2F)C=C(C2CCC(CS(=O)(=O)C(C)(C)C)CC2)C3)C[C@H](C)O1. The highest BCUT2D eigenvalue weighted by atomic mass is 32.2. The van der Waals surface area contributed by atoms with Crippen molar-refractivity contribution in [3.63, 3.8) is 0 Å². The monoisotopic (exact) mass is 463 g/mol. The summed E-state index contributed by atoms with van der Waals surface area (Å²) in [6, 6.07) is 4.02. The second kappa shape index (κ2) is 8.75. The smallest absolute Gasteiger partial charge is 0.155 e. The number of halogens is 1. The van der Waals surface area contributed by atoms with Crippen LogP contribution in [0, 0.1) is 17.7 Å². The number of rotatable bonds is 4. The zero-order valence-electron chi connectivity index (χ0n) is 20.2. The van der Waals surface area contributed by atoms with E-state index >= 15 is 4.39 Å². The summed E-state index contributed by atoms with van der Waals surface area (Å²) in [5.41, 5.74) is 3.83. The van der Waals surface area contributed by atoms with Crippen LogP contribution in [-0.4, -0.2) is 44.2 Å². The van der Waals surface area contributed by atoms with Crippen LogP contribution in [-0.2, 0) is 21.0 Å². The Kier molecular flexibility index (Phi) is 6.49. The van der Waals surface area contributed by atoms with Crippen LogP contribution >= 0.6 is 0 Å². The second-order valence-corrected chi connectivity index (χ2v) is 13.9. The van der Waals surface area contributed by atoms with Gasteiger partial charge in [-0.05, 0) is 90.2 Å². The minimum absolute atomic E-state index is 0.0924. The van der Waals surface area contributed by atoms with Gasteiger partial charge in [-0.15, -0.1) is 0 Å². The first kappa shape index (κ1) is 23.7. The summed E-state index contributed by atoms with van der Waals surface area (Å²) in [5.74, 6) is 0.858. The minimum Gasteiger partial charge on any atom is -0.372 e. The number of hydrogen-bond donors (Lipinski definition) is 0. The lowest BCUT2D eigenvalue weighted by atomic mass is 9.78. The molecule has 0 aromatic heterocycles. The van der Waals surface area contributed by atoms with Crippen molar-refractivity contribution < 1.29 is 17.5 Å². The van der Waals surface area contributed by atoms with Gasteiger partial charge in [-0.1, -0.05) is 17.7 Å². The lowest BCUT2D eigenvalue weighted by molar-refractivity contribution is -0.00539. The summed E-state index contributed by atoms with van der Waals surface area (Å²) >= 11 is 0. The Morgan fingerprint density at radius 2 is 1.69 bits per heavy atom. The van der Waals surface area contributed by atoms with E-state index in [1.54, 1.807) is 20.8 Å². The average Bonchev–Trinajstić information content (AvgIpc) is 3.12. The van der Waals surface area contributed by atoms with Gasteiger partial charge in [0.1, 0.15) is 0 Å². The first-order chi connectivity index (χ1) is 14.9. The highest BCUT2D eigenvalue weighted by Crippen LogP contribution is 2.42. The highest BCUT2D eigenvalue weighted by molar-refractivity contribution is 7.92. The molecule has 2 atom stereocenters. The van der Waals surface area contributed by atoms with Gasteiger partial charge in [0.15, 0.2) is 15.7 Å². The molecule has 4 nitrogen and oxygen atoms in total. The second-order valence-electron chi connectivity index (χ2n) is 11.1. The van der Waals surface area contributed by atoms with Gasteiger partial charge in [0.25, 0.3) is 0 Å². The van der Waals surface area contributed by atoms with Gasteiger partial charge in [0, 0.05) is 18.7 Å². The van der Waals surface area contributed by atoms with Crippen LogP contribution in [0.25, 0.3) is 6.08 Å². The van der Waals surface area contributed by atoms with Crippen molar-refractivity contribution in [3.8, 4) is 0 Å². The molecule has 0 amide bonds. The maximum atomic E-state index is 15.5. The molecule has 0 bridgehead atoms. The first-order valence-electron chi connectivity index (χ1n) is 12.1. The van der Waals surface area contributed by atoms with Crippen molar-refractivity contribution in [2.24, 2.45) is 11.8 Å². The number of benzene rings is 1. The zero-order valence-corrected chi connectivity index (χ0v) is 21.0. The van der Waals surface area contributed by atoms with Crippen molar-refractivity contribution in [3.05, 3.63) is 34.6 Å². The van der Waals surface area contributed by atoms with Crippen LogP contribution < -0.4 is 4.90 Å². The number of allylic oxidation sites excluding steroid dienone is 1. The zero-order chi connectivity index (χ0) is 23.3. The van der Waals surface area contributed by atoms with E-state index in [0.717, 1.165) is 43.2 Å². The summed E-state index contributed by atoms with van der Waals surface area (Å²) in [6.07, 6.45) is 6.95. The van der Waals surface area contributed by atoms with E-state index in [4.69, 9.17) is 4.74 Å². The maximum absolute atomic E-state index is 15.5. The predicted octanol–water partition coefficient (Wildman–Crippen LogP) is 5.40. The number of nitrogens with zero attached hydrogens (tertiary/aromatic N) is 1. The van der Waals surface area contributed by atoms with Crippen molar-refractivity contribution in [1.29, 1.82) is 0 Å². The van der Waals surface area contributed by atoms with Gasteiger partial charge in [-0.3, -0.25) is 0 Å². The molecule has 0 radical (unpaired) electrons. The fourth-order valence-corrected chi connectivity index (χ4v) is 6.98. The summed E-state index contributed by atoms with van der Waals surface area (Å²) in [6.45, 7) is 10.8. The number of anilines is 1. The molecule has 32 heavy (non-hydrogen) atoms. The fraction of sp³-hybridized carbons (Fsp3) is 0.692. The topological polar surface area (TPSA) is 46.6 Å². The van der Waals surface area contributed by atoms with Crippen LogP contribution in [0.2, 0.25) is 0 Å². The summed E-state index contributed by atoms with van der Waals surface area (Å²) < 4.78 is 45.8. The van der Waals surface area contributed by atoms with E-state index < -0.39 is 14.6 Å². The molecule has 2 fully saturated rings. The molecule has 1 aromatic carbocycles. The average molecular weight is 464 g/mol. The standard InChI is InChI=1S/C26H38FNO3S/c1-17-14-28(15-18(2)31-17)24-11-10-21-12-22(13-23(21)25(24)27)20-8-6-19(7-9-20)16-32(29,30)26(3,4)5/h10-11,13,17-20H,6-9,12,14-16H2,1-5H3/t17-,18+,19?,20?. The highest BCUT2D eigenvalue weighted by Gasteiger charge is 2.35. The van der Waals surface area contributed by atoms with Crippen molar-refractivity contribution >= 4 is 21.6 Å². The molecule has 3 aliphatic rings. The third kappa shape index (κ3) is 4.77. The van der Waals surface area contributed by atoms with Crippen LogP contribution in [0.1, 0.15) is 71.4 Å². The molecule has 1 aliphatic heterocycles. The molecule has 1 aromatic rings. The van der Waals surface area contributed by atoms with Gasteiger partial charge in [-0.25, -0.2) is 12.8 Å². The van der Waals surface area contributed by atoms with E-state index in [0.29, 0.717) is 24.7 Å². The molecular weight excluding hydrogens is 425 g/mol. The number of morpholine rings is 1. The Bertz CT molecular complexity index is 977. The molecule has 6 heteroatoms. The molecule has 0 N–H and O–H groups in total. The molecule has 1 saturated carbocycles. The Balaban J connectivity index is 1.43. The number of sulfone groups is 1. The number of hydrogen-bond acceptors (Lipinski definition) is 4. The largest absolute Gasteiger partial charge is 0.372 e. The van der Waals surface area contributed by atoms with E-state index in [9.17, 15) is 8.42 Å². The van der Waals surface area contributed by atoms with E-state index in [2.05, 4.69) is 17.0 Å². The molecule has 0 spiro atoms.